The van der Waals surface area contributed by atoms with E-state index in [9.17, 15) is 9.59 Å². The van der Waals surface area contributed by atoms with E-state index in [1.54, 1.807) is 24.3 Å². The van der Waals surface area contributed by atoms with Crippen LogP contribution in [0.3, 0.4) is 0 Å². The number of carbonyl (C=O) groups excluding carboxylic acids is 2. The molecule has 2 saturated carbocycles. The van der Waals surface area contributed by atoms with Crippen molar-refractivity contribution in [2.24, 2.45) is 5.41 Å². The lowest BCUT2D eigenvalue weighted by Gasteiger charge is -2.53. The van der Waals surface area contributed by atoms with E-state index < -0.39 is 0 Å². The van der Waals surface area contributed by atoms with Gasteiger partial charge in [0, 0.05) is 23.7 Å². The number of hydrogen-bond donors (Lipinski definition) is 2. The Hall–Kier alpha value is -2.05. The monoisotopic (exact) mass is 406 g/mol. The van der Waals surface area contributed by atoms with Gasteiger partial charge in [0.15, 0.2) is 6.61 Å². The zero-order chi connectivity index (χ0) is 20.0. The summed E-state index contributed by atoms with van der Waals surface area (Å²) in [5.74, 6) is 0.122. The maximum Gasteiger partial charge on any atom is 0.262 e. The zero-order valence-electron chi connectivity index (χ0n) is 16.0. The van der Waals surface area contributed by atoms with Crippen LogP contribution in [-0.4, -0.2) is 37.7 Å². The highest BCUT2D eigenvalue weighted by atomic mass is 35.5. The fourth-order valence-electron chi connectivity index (χ4n) is 3.68. The Labute approximate surface area is 170 Å². The van der Waals surface area contributed by atoms with Gasteiger partial charge in [0.05, 0.1) is 6.10 Å². The van der Waals surface area contributed by atoms with Gasteiger partial charge >= 0.3 is 0 Å². The van der Waals surface area contributed by atoms with Crippen LogP contribution in [0.4, 0.5) is 0 Å². The van der Waals surface area contributed by atoms with Crippen molar-refractivity contribution in [2.45, 2.75) is 44.6 Å². The van der Waals surface area contributed by atoms with Gasteiger partial charge in [0.2, 0.25) is 5.91 Å². The number of benzene rings is 1. The Morgan fingerprint density at radius 2 is 1.86 bits per heavy atom. The Morgan fingerprint density at radius 1 is 1.14 bits per heavy atom. The molecule has 0 heterocycles. The predicted octanol–water partition coefficient (Wildman–Crippen LogP) is 3.20. The van der Waals surface area contributed by atoms with Crippen LogP contribution in [0.15, 0.2) is 36.5 Å². The van der Waals surface area contributed by atoms with Gasteiger partial charge in [-0.05, 0) is 55.4 Å². The van der Waals surface area contributed by atoms with Crippen LogP contribution < -0.4 is 15.4 Å². The van der Waals surface area contributed by atoms with Gasteiger partial charge in [-0.2, -0.15) is 0 Å². The summed E-state index contributed by atoms with van der Waals surface area (Å²) in [5.41, 5.74) is 1.07. The third-order valence-electron chi connectivity index (χ3n) is 5.43. The van der Waals surface area contributed by atoms with Crippen molar-refractivity contribution in [1.82, 2.24) is 10.6 Å². The van der Waals surface area contributed by atoms with Crippen molar-refractivity contribution < 1.29 is 19.1 Å². The standard InChI is InChI=1S/C21H27ClN2O4/c1-15(24-20(26)14-27-17-5-3-16(22)4-6-17)7-10-23-19(25)13-28-18-11-21(12-18)8-2-9-21/h3-6,18H,1-2,7-14H2,(H,23,25)(H,24,26). The number of ether oxygens (including phenoxy) is 2. The molecule has 1 aromatic rings. The van der Waals surface area contributed by atoms with Crippen molar-refractivity contribution in [3.63, 3.8) is 0 Å². The highest BCUT2D eigenvalue weighted by molar-refractivity contribution is 6.30. The Bertz CT molecular complexity index is 708. The molecule has 1 spiro atoms. The van der Waals surface area contributed by atoms with Crippen LogP contribution in [0.2, 0.25) is 5.02 Å². The maximum absolute atomic E-state index is 11.9. The molecular weight excluding hydrogens is 380 g/mol. The summed E-state index contributed by atoms with van der Waals surface area (Å²) < 4.78 is 11.0. The van der Waals surface area contributed by atoms with Crippen LogP contribution >= 0.6 is 11.6 Å². The average Bonchev–Trinajstić information content (AvgIpc) is 2.58. The first-order valence-corrected chi connectivity index (χ1v) is 10.1. The molecule has 0 unspecified atom stereocenters. The van der Waals surface area contributed by atoms with E-state index in [2.05, 4.69) is 17.2 Å². The van der Waals surface area contributed by atoms with Crippen molar-refractivity contribution in [1.29, 1.82) is 0 Å². The van der Waals surface area contributed by atoms with Crippen LogP contribution in [-0.2, 0) is 14.3 Å². The number of hydrogen-bond acceptors (Lipinski definition) is 4. The number of halogens is 1. The molecule has 2 aliphatic carbocycles. The zero-order valence-corrected chi connectivity index (χ0v) is 16.7. The molecular formula is C21H27ClN2O4. The lowest BCUT2D eigenvalue weighted by atomic mass is 9.55. The molecule has 28 heavy (non-hydrogen) atoms. The molecule has 2 N–H and O–H groups in total. The molecule has 7 heteroatoms. The SMILES string of the molecule is C=C(CCNC(=O)COC1CC2(CCC2)C1)NC(=O)COc1ccc(Cl)cc1. The molecule has 0 saturated heterocycles. The van der Waals surface area contributed by atoms with E-state index >= 15 is 0 Å². The third kappa shape index (κ3) is 5.97. The largest absolute Gasteiger partial charge is 0.484 e. The quantitative estimate of drug-likeness (QED) is 0.625. The first-order chi connectivity index (χ1) is 13.4. The van der Waals surface area contributed by atoms with Crippen molar-refractivity contribution >= 4 is 23.4 Å². The van der Waals surface area contributed by atoms with Crippen molar-refractivity contribution in [3.05, 3.63) is 41.6 Å². The number of rotatable bonds is 10. The highest BCUT2D eigenvalue weighted by Crippen LogP contribution is 2.56. The van der Waals surface area contributed by atoms with Crippen molar-refractivity contribution in [3.8, 4) is 5.75 Å². The van der Waals surface area contributed by atoms with E-state index in [1.807, 2.05) is 0 Å². The Morgan fingerprint density at radius 3 is 2.50 bits per heavy atom. The second-order valence-corrected chi connectivity index (χ2v) is 8.13. The minimum absolute atomic E-state index is 0.0918. The van der Waals surface area contributed by atoms with E-state index in [-0.39, 0.29) is 31.1 Å². The second kappa shape index (κ2) is 9.43. The Balaban J connectivity index is 1.21. The minimum atomic E-state index is -0.301. The molecule has 0 aliphatic heterocycles. The van der Waals surface area contributed by atoms with Crippen LogP contribution in [0, 0.1) is 5.41 Å². The first-order valence-electron chi connectivity index (χ1n) is 9.68. The molecule has 2 aliphatic rings. The van der Waals surface area contributed by atoms with Crippen LogP contribution in [0.5, 0.6) is 5.75 Å². The van der Waals surface area contributed by atoms with Crippen LogP contribution in [0.1, 0.15) is 38.5 Å². The van der Waals surface area contributed by atoms with Gasteiger partial charge < -0.3 is 20.1 Å². The summed E-state index contributed by atoms with van der Waals surface area (Å²) in [6.45, 7) is 4.17. The summed E-state index contributed by atoms with van der Waals surface area (Å²) >= 11 is 5.79. The van der Waals surface area contributed by atoms with Gasteiger partial charge in [-0.25, -0.2) is 0 Å². The van der Waals surface area contributed by atoms with Gasteiger partial charge in [0.25, 0.3) is 5.91 Å². The third-order valence-corrected chi connectivity index (χ3v) is 5.69. The topological polar surface area (TPSA) is 76.7 Å². The van der Waals surface area contributed by atoms with E-state index in [0.29, 0.717) is 34.8 Å². The van der Waals surface area contributed by atoms with E-state index in [0.717, 1.165) is 12.8 Å². The molecule has 0 bridgehead atoms. The van der Waals surface area contributed by atoms with E-state index in [1.165, 1.54) is 19.3 Å². The number of carbonyl (C=O) groups is 2. The number of nitrogens with one attached hydrogen (secondary N) is 2. The molecule has 0 radical (unpaired) electrons. The fraction of sp³-hybridized carbons (Fsp3) is 0.524. The van der Waals surface area contributed by atoms with E-state index in [4.69, 9.17) is 21.1 Å². The maximum atomic E-state index is 11.9. The van der Waals surface area contributed by atoms with Gasteiger partial charge in [-0.1, -0.05) is 24.6 Å². The molecule has 6 nitrogen and oxygen atoms in total. The molecule has 0 aromatic heterocycles. The van der Waals surface area contributed by atoms with Crippen molar-refractivity contribution in [2.75, 3.05) is 19.8 Å². The molecule has 2 fully saturated rings. The summed E-state index contributed by atoms with van der Waals surface area (Å²) in [7, 11) is 0. The first kappa shape index (κ1) is 20.7. The molecule has 152 valence electrons. The van der Waals surface area contributed by atoms with Crippen LogP contribution in [0.25, 0.3) is 0 Å². The molecule has 0 atom stereocenters. The van der Waals surface area contributed by atoms with Gasteiger partial charge in [-0.15, -0.1) is 0 Å². The lowest BCUT2D eigenvalue weighted by Crippen LogP contribution is -2.47. The smallest absolute Gasteiger partial charge is 0.262 e. The lowest BCUT2D eigenvalue weighted by molar-refractivity contribution is -0.143. The van der Waals surface area contributed by atoms with Gasteiger partial charge in [-0.3, -0.25) is 9.59 Å². The molecule has 2 amide bonds. The summed E-state index contributed by atoms with van der Waals surface area (Å²) in [4.78, 5) is 23.7. The fourth-order valence-corrected chi connectivity index (χ4v) is 3.81. The Kier molecular flexibility index (Phi) is 6.97. The number of amides is 2. The highest BCUT2D eigenvalue weighted by Gasteiger charge is 2.48. The average molecular weight is 407 g/mol. The normalized spacial score (nSPS) is 17.3. The molecule has 1 aromatic carbocycles. The van der Waals surface area contributed by atoms with Gasteiger partial charge in [0.1, 0.15) is 12.4 Å². The predicted molar refractivity (Wildman–Crippen MR) is 107 cm³/mol. The summed E-state index contributed by atoms with van der Waals surface area (Å²) in [6.07, 6.45) is 6.85. The summed E-state index contributed by atoms with van der Waals surface area (Å²) in [5, 5.41) is 6.05. The summed E-state index contributed by atoms with van der Waals surface area (Å²) in [6, 6.07) is 6.77. The molecule has 3 rings (SSSR count). The minimum Gasteiger partial charge on any atom is -0.484 e. The second-order valence-electron chi connectivity index (χ2n) is 7.69.